The number of nitrogens with one attached hydrogen (secondary N) is 1. The van der Waals surface area contributed by atoms with E-state index < -0.39 is 18.6 Å². The van der Waals surface area contributed by atoms with Crippen LogP contribution in [0, 0.1) is 0 Å². The second kappa shape index (κ2) is 6.28. The Hall–Kier alpha value is -1.57. The van der Waals surface area contributed by atoms with Gasteiger partial charge in [0.25, 0.3) is 0 Å². The number of alkyl halides is 3. The summed E-state index contributed by atoms with van der Waals surface area (Å²) in [5.74, 6) is -0.458. The zero-order chi connectivity index (χ0) is 16.5. The van der Waals surface area contributed by atoms with E-state index in [-0.39, 0.29) is 31.1 Å². The van der Waals surface area contributed by atoms with Gasteiger partial charge in [-0.05, 0) is 20.8 Å². The zero-order valence-electron chi connectivity index (χ0n) is 12.9. The maximum atomic E-state index is 12.4. The first kappa shape index (κ1) is 16.8. The lowest BCUT2D eigenvalue weighted by molar-refractivity contribution is -0.157. The maximum absolute atomic E-state index is 12.4. The van der Waals surface area contributed by atoms with Crippen LogP contribution in [0.5, 0.6) is 0 Å². The Balaban J connectivity index is 1.92. The van der Waals surface area contributed by atoms with Gasteiger partial charge in [-0.15, -0.1) is 0 Å². The van der Waals surface area contributed by atoms with E-state index in [9.17, 15) is 18.0 Å². The first-order valence-corrected chi connectivity index (χ1v) is 7.30. The van der Waals surface area contributed by atoms with Gasteiger partial charge in [0.2, 0.25) is 5.91 Å². The van der Waals surface area contributed by atoms with Crippen LogP contribution in [0.4, 0.5) is 13.2 Å². The Morgan fingerprint density at radius 1 is 1.41 bits per heavy atom. The van der Waals surface area contributed by atoms with Crippen molar-refractivity contribution in [2.45, 2.75) is 51.5 Å². The van der Waals surface area contributed by atoms with Crippen LogP contribution >= 0.6 is 0 Å². The van der Waals surface area contributed by atoms with E-state index in [4.69, 9.17) is 0 Å². The average Bonchev–Trinajstić information content (AvgIpc) is 2.95. The molecule has 1 saturated heterocycles. The van der Waals surface area contributed by atoms with Gasteiger partial charge in [-0.1, -0.05) is 0 Å². The van der Waals surface area contributed by atoms with Crippen LogP contribution < -0.4 is 5.32 Å². The number of rotatable bonds is 5. The largest absolute Gasteiger partial charge is 0.406 e. The number of amides is 1. The van der Waals surface area contributed by atoms with Crippen LogP contribution in [0.2, 0.25) is 0 Å². The molecule has 1 aliphatic rings. The highest BCUT2D eigenvalue weighted by Crippen LogP contribution is 2.22. The Labute approximate surface area is 127 Å². The van der Waals surface area contributed by atoms with E-state index in [1.807, 2.05) is 31.6 Å². The molecular formula is C14H21F3N4O. The number of likely N-dealkylation sites (tertiary alicyclic amines) is 1. The molecule has 0 saturated carbocycles. The molecular weight excluding hydrogens is 297 g/mol. The monoisotopic (exact) mass is 318 g/mol. The molecule has 2 rings (SSSR count). The fourth-order valence-electron chi connectivity index (χ4n) is 2.56. The highest BCUT2D eigenvalue weighted by Gasteiger charge is 2.38. The third kappa shape index (κ3) is 4.22. The van der Waals surface area contributed by atoms with E-state index >= 15 is 0 Å². The SMILES string of the molecule is CC(C)n1cc([C@@H](C)N[C@@H]2CC(=O)N(CC(F)(F)F)C2)cn1. The van der Waals surface area contributed by atoms with E-state index in [0.717, 1.165) is 10.5 Å². The van der Waals surface area contributed by atoms with Gasteiger partial charge in [0, 0.05) is 42.9 Å². The Kier molecular flexibility index (Phi) is 4.79. The van der Waals surface area contributed by atoms with E-state index in [2.05, 4.69) is 10.4 Å². The van der Waals surface area contributed by atoms with Gasteiger partial charge in [0.15, 0.2) is 0 Å². The van der Waals surface area contributed by atoms with Gasteiger partial charge in [-0.25, -0.2) is 0 Å². The lowest BCUT2D eigenvalue weighted by atomic mass is 10.1. The quantitative estimate of drug-likeness (QED) is 0.906. The van der Waals surface area contributed by atoms with Gasteiger partial charge < -0.3 is 10.2 Å². The highest BCUT2D eigenvalue weighted by atomic mass is 19.4. The highest BCUT2D eigenvalue weighted by molar-refractivity contribution is 5.79. The molecule has 0 aliphatic carbocycles. The molecule has 2 heterocycles. The molecule has 0 bridgehead atoms. The van der Waals surface area contributed by atoms with Crippen molar-refractivity contribution in [2.24, 2.45) is 0 Å². The maximum Gasteiger partial charge on any atom is 0.406 e. The average molecular weight is 318 g/mol. The van der Waals surface area contributed by atoms with Crippen LogP contribution in [0.15, 0.2) is 12.4 Å². The second-order valence-corrected chi connectivity index (χ2v) is 6.03. The second-order valence-electron chi connectivity index (χ2n) is 6.03. The number of carbonyl (C=O) groups is 1. The zero-order valence-corrected chi connectivity index (χ0v) is 12.9. The summed E-state index contributed by atoms with van der Waals surface area (Å²) in [6.07, 6.45) is -0.609. The first-order valence-electron chi connectivity index (χ1n) is 7.30. The Morgan fingerprint density at radius 2 is 2.09 bits per heavy atom. The van der Waals surface area contributed by atoms with Crippen LogP contribution in [0.25, 0.3) is 0 Å². The molecule has 1 fully saturated rings. The summed E-state index contributed by atoms with van der Waals surface area (Å²) in [5, 5.41) is 7.45. The summed E-state index contributed by atoms with van der Waals surface area (Å²) < 4.78 is 39.0. The van der Waals surface area contributed by atoms with Crippen molar-refractivity contribution in [1.82, 2.24) is 20.0 Å². The minimum Gasteiger partial charge on any atom is -0.332 e. The minimum atomic E-state index is -4.35. The van der Waals surface area contributed by atoms with Crippen molar-refractivity contribution in [1.29, 1.82) is 0 Å². The first-order chi connectivity index (χ1) is 10.2. The Bertz CT molecular complexity index is 526. The molecule has 1 aromatic rings. The molecule has 5 nitrogen and oxygen atoms in total. The summed E-state index contributed by atoms with van der Waals surface area (Å²) in [6, 6.07) is -0.0975. The molecule has 22 heavy (non-hydrogen) atoms. The summed E-state index contributed by atoms with van der Waals surface area (Å²) in [4.78, 5) is 12.5. The number of aromatic nitrogens is 2. The number of nitrogens with zero attached hydrogens (tertiary/aromatic N) is 3. The van der Waals surface area contributed by atoms with Crippen molar-refractivity contribution in [3.8, 4) is 0 Å². The van der Waals surface area contributed by atoms with Gasteiger partial charge >= 0.3 is 6.18 Å². The van der Waals surface area contributed by atoms with E-state index in [1.165, 1.54) is 0 Å². The van der Waals surface area contributed by atoms with Gasteiger partial charge in [-0.2, -0.15) is 18.3 Å². The molecule has 1 N–H and O–H groups in total. The van der Waals surface area contributed by atoms with Crippen molar-refractivity contribution >= 4 is 5.91 Å². The van der Waals surface area contributed by atoms with Gasteiger partial charge in [-0.3, -0.25) is 9.48 Å². The lowest BCUT2D eigenvalue weighted by Crippen LogP contribution is -2.38. The molecule has 0 aromatic carbocycles. The predicted octanol–water partition coefficient (Wildman–Crippen LogP) is 2.28. The van der Waals surface area contributed by atoms with E-state index in [1.54, 1.807) is 6.20 Å². The fourth-order valence-corrected chi connectivity index (χ4v) is 2.56. The Morgan fingerprint density at radius 3 is 2.64 bits per heavy atom. The topological polar surface area (TPSA) is 50.2 Å². The molecule has 124 valence electrons. The lowest BCUT2D eigenvalue weighted by Gasteiger charge is -2.20. The molecule has 8 heteroatoms. The molecule has 0 spiro atoms. The molecule has 1 amide bonds. The summed E-state index contributed by atoms with van der Waals surface area (Å²) in [6.45, 7) is 4.85. The van der Waals surface area contributed by atoms with Crippen molar-refractivity contribution < 1.29 is 18.0 Å². The number of hydrogen-bond acceptors (Lipinski definition) is 3. The molecule has 1 aliphatic heterocycles. The van der Waals surface area contributed by atoms with Crippen LogP contribution in [-0.4, -0.2) is 45.9 Å². The summed E-state index contributed by atoms with van der Waals surface area (Å²) in [7, 11) is 0. The van der Waals surface area contributed by atoms with Crippen molar-refractivity contribution in [3.63, 3.8) is 0 Å². The number of carbonyl (C=O) groups excluding carboxylic acids is 1. The molecule has 1 aromatic heterocycles. The van der Waals surface area contributed by atoms with Crippen molar-refractivity contribution in [2.75, 3.05) is 13.1 Å². The third-order valence-electron chi connectivity index (χ3n) is 3.72. The number of hydrogen-bond donors (Lipinski definition) is 1. The van der Waals surface area contributed by atoms with Crippen LogP contribution in [0.3, 0.4) is 0 Å². The minimum absolute atomic E-state index is 0.0730. The molecule has 2 atom stereocenters. The van der Waals surface area contributed by atoms with Crippen LogP contribution in [-0.2, 0) is 4.79 Å². The summed E-state index contributed by atoms with van der Waals surface area (Å²) >= 11 is 0. The fraction of sp³-hybridized carbons (Fsp3) is 0.714. The smallest absolute Gasteiger partial charge is 0.332 e. The van der Waals surface area contributed by atoms with Crippen LogP contribution in [0.1, 0.15) is 44.8 Å². The summed E-state index contributed by atoms with van der Waals surface area (Å²) in [5.41, 5.74) is 0.954. The third-order valence-corrected chi connectivity index (χ3v) is 3.72. The van der Waals surface area contributed by atoms with Crippen molar-refractivity contribution in [3.05, 3.63) is 18.0 Å². The molecule has 0 radical (unpaired) electrons. The van der Waals surface area contributed by atoms with Gasteiger partial charge in [0.05, 0.1) is 6.20 Å². The standard InChI is InChI=1S/C14H21F3N4O/c1-9(2)21-6-11(5-18-21)10(3)19-12-4-13(22)20(7-12)8-14(15,16)17/h5-6,9-10,12,19H,4,7-8H2,1-3H3/t10-,12-/m1/s1. The van der Waals surface area contributed by atoms with Gasteiger partial charge in [0.1, 0.15) is 6.54 Å². The number of halogens is 3. The predicted molar refractivity (Wildman–Crippen MR) is 75.2 cm³/mol. The van der Waals surface area contributed by atoms with E-state index in [0.29, 0.717) is 0 Å². The normalized spacial score (nSPS) is 21.0. The molecule has 0 unspecified atom stereocenters.